The molecule has 13 heteroatoms. The number of aliphatic hydroxyl groups is 1. The molecular weight excluding hydrogens is 448 g/mol. The highest BCUT2D eigenvalue weighted by atomic mass is 16.4. The van der Waals surface area contributed by atoms with Crippen molar-refractivity contribution < 1.29 is 34.2 Å². The van der Waals surface area contributed by atoms with Gasteiger partial charge < -0.3 is 42.6 Å². The average Bonchev–Trinajstić information content (AvgIpc) is 3.18. The van der Waals surface area contributed by atoms with Gasteiger partial charge in [0.05, 0.1) is 19.1 Å². The van der Waals surface area contributed by atoms with E-state index in [9.17, 15) is 34.2 Å². The average molecular weight is 476 g/mol. The summed E-state index contributed by atoms with van der Waals surface area (Å²) in [5, 5.41) is 26.5. The van der Waals surface area contributed by atoms with Gasteiger partial charge in [-0.15, -0.1) is 0 Å². The van der Waals surface area contributed by atoms with Gasteiger partial charge in [-0.25, -0.2) is 4.79 Å². The molecule has 1 aromatic carbocycles. The number of carbonyl (C=O) groups is 5. The number of aliphatic hydroxyl groups excluding tert-OH is 1. The van der Waals surface area contributed by atoms with Crippen molar-refractivity contribution in [1.82, 2.24) is 20.9 Å². The Morgan fingerprint density at radius 3 is 2.15 bits per heavy atom. The van der Waals surface area contributed by atoms with Gasteiger partial charge in [0.2, 0.25) is 23.6 Å². The number of aromatic amines is 1. The Morgan fingerprint density at radius 1 is 0.971 bits per heavy atom. The summed E-state index contributed by atoms with van der Waals surface area (Å²) < 4.78 is 0. The molecule has 4 atom stereocenters. The maximum atomic E-state index is 12.8. The lowest BCUT2D eigenvalue weighted by atomic mass is 10.0. The number of para-hydroxylation sites is 1. The number of carbonyl (C=O) groups excluding carboxylic acids is 4. The summed E-state index contributed by atoms with van der Waals surface area (Å²) >= 11 is 0. The number of carboxylic acid groups (broad SMARTS) is 1. The van der Waals surface area contributed by atoms with Crippen LogP contribution in [0.15, 0.2) is 30.5 Å². The van der Waals surface area contributed by atoms with Crippen LogP contribution in [0.2, 0.25) is 0 Å². The first kappa shape index (κ1) is 26.3. The molecule has 0 spiro atoms. The molecule has 0 aliphatic heterocycles. The van der Waals surface area contributed by atoms with E-state index in [0.29, 0.717) is 5.56 Å². The van der Waals surface area contributed by atoms with Crippen molar-refractivity contribution in [2.45, 2.75) is 43.9 Å². The fourth-order valence-corrected chi connectivity index (χ4v) is 3.17. The Kier molecular flexibility index (Phi) is 9.10. The SMILES string of the molecule is CC(N)C(=O)NC(CO)C(=O)NC(CC(N)=O)C(=O)NC(Cc1c[nH]c2ccccc12)C(=O)O. The predicted octanol–water partition coefficient (Wildman–Crippen LogP) is -2.54. The Hall–Kier alpha value is -3.97. The molecule has 0 aliphatic carbocycles. The van der Waals surface area contributed by atoms with Gasteiger partial charge >= 0.3 is 5.97 Å². The quantitative estimate of drug-likeness (QED) is 0.162. The molecule has 13 nitrogen and oxygen atoms in total. The van der Waals surface area contributed by atoms with Crippen molar-refractivity contribution in [2.75, 3.05) is 6.61 Å². The minimum atomic E-state index is -1.55. The Bertz CT molecular complexity index is 1070. The van der Waals surface area contributed by atoms with E-state index in [2.05, 4.69) is 20.9 Å². The summed E-state index contributed by atoms with van der Waals surface area (Å²) in [6.45, 7) is 0.554. The second kappa shape index (κ2) is 11.8. The molecule has 1 aromatic heterocycles. The number of nitrogens with two attached hydrogens (primary N) is 2. The highest BCUT2D eigenvalue weighted by Gasteiger charge is 2.31. The largest absolute Gasteiger partial charge is 0.480 e. The van der Waals surface area contributed by atoms with Crippen molar-refractivity contribution >= 4 is 40.5 Å². The van der Waals surface area contributed by atoms with Gasteiger partial charge in [-0.3, -0.25) is 19.2 Å². The zero-order valence-corrected chi connectivity index (χ0v) is 18.4. The molecule has 0 saturated carbocycles. The summed E-state index contributed by atoms with van der Waals surface area (Å²) in [7, 11) is 0. The zero-order chi connectivity index (χ0) is 25.4. The minimum Gasteiger partial charge on any atom is -0.480 e. The van der Waals surface area contributed by atoms with Crippen molar-refractivity contribution in [3.05, 3.63) is 36.0 Å². The van der Waals surface area contributed by atoms with E-state index < -0.39 is 66.8 Å². The van der Waals surface area contributed by atoms with Crippen LogP contribution < -0.4 is 27.4 Å². The Labute approximate surface area is 194 Å². The van der Waals surface area contributed by atoms with Crippen molar-refractivity contribution in [2.24, 2.45) is 11.5 Å². The van der Waals surface area contributed by atoms with Gasteiger partial charge in [0, 0.05) is 23.5 Å². The smallest absolute Gasteiger partial charge is 0.326 e. The fourth-order valence-electron chi connectivity index (χ4n) is 3.17. The molecule has 0 fully saturated rings. The second-order valence-electron chi connectivity index (χ2n) is 7.73. The number of benzene rings is 1. The molecule has 4 amide bonds. The Morgan fingerprint density at radius 2 is 1.56 bits per heavy atom. The number of fused-ring (bicyclic) bond motifs is 1. The lowest BCUT2D eigenvalue weighted by Crippen LogP contribution is -2.58. The fraction of sp³-hybridized carbons (Fsp3) is 0.381. The van der Waals surface area contributed by atoms with E-state index in [-0.39, 0.29) is 6.42 Å². The zero-order valence-electron chi connectivity index (χ0n) is 18.4. The van der Waals surface area contributed by atoms with Crippen molar-refractivity contribution in [3.8, 4) is 0 Å². The molecule has 2 aromatic rings. The molecule has 1 heterocycles. The molecule has 0 saturated heterocycles. The van der Waals surface area contributed by atoms with Crippen molar-refractivity contribution in [1.29, 1.82) is 0 Å². The number of aromatic nitrogens is 1. The maximum absolute atomic E-state index is 12.8. The van der Waals surface area contributed by atoms with Crippen molar-refractivity contribution in [3.63, 3.8) is 0 Å². The third kappa shape index (κ3) is 7.02. The number of primary amides is 1. The summed E-state index contributed by atoms with van der Waals surface area (Å²) in [6, 6.07) is 1.86. The van der Waals surface area contributed by atoms with Crippen LogP contribution in [0.25, 0.3) is 10.9 Å². The van der Waals surface area contributed by atoms with E-state index in [4.69, 9.17) is 11.5 Å². The molecule has 184 valence electrons. The summed E-state index contributed by atoms with van der Waals surface area (Å²) in [6.07, 6.45) is 0.908. The summed E-state index contributed by atoms with van der Waals surface area (Å²) in [5.74, 6) is -4.96. The highest BCUT2D eigenvalue weighted by Crippen LogP contribution is 2.19. The van der Waals surface area contributed by atoms with Crippen LogP contribution in [0, 0.1) is 0 Å². The third-order valence-corrected chi connectivity index (χ3v) is 4.98. The van der Waals surface area contributed by atoms with Gasteiger partial charge in [0.15, 0.2) is 0 Å². The van der Waals surface area contributed by atoms with Crippen LogP contribution in [-0.2, 0) is 30.4 Å². The summed E-state index contributed by atoms with van der Waals surface area (Å²) in [5.41, 5.74) is 12.0. The number of hydrogen-bond acceptors (Lipinski definition) is 7. The molecule has 0 aliphatic rings. The second-order valence-corrected chi connectivity index (χ2v) is 7.73. The molecule has 4 unspecified atom stereocenters. The third-order valence-electron chi connectivity index (χ3n) is 4.98. The highest BCUT2D eigenvalue weighted by molar-refractivity contribution is 5.96. The topological polar surface area (TPSA) is 230 Å². The summed E-state index contributed by atoms with van der Waals surface area (Å²) in [4.78, 5) is 63.3. The number of nitrogens with one attached hydrogen (secondary N) is 4. The van der Waals surface area contributed by atoms with Gasteiger partial charge in [-0.2, -0.15) is 0 Å². The molecule has 10 N–H and O–H groups in total. The van der Waals surface area contributed by atoms with E-state index >= 15 is 0 Å². The van der Waals surface area contributed by atoms with Gasteiger partial charge in [0.1, 0.15) is 18.1 Å². The van der Waals surface area contributed by atoms with E-state index in [1.165, 1.54) is 6.92 Å². The maximum Gasteiger partial charge on any atom is 0.326 e. The molecule has 2 rings (SSSR count). The number of H-pyrrole nitrogens is 1. The number of amides is 4. The van der Waals surface area contributed by atoms with E-state index in [1.807, 2.05) is 12.1 Å². The molecule has 0 radical (unpaired) electrons. The van der Waals surface area contributed by atoms with Gasteiger partial charge in [-0.1, -0.05) is 18.2 Å². The van der Waals surface area contributed by atoms with Crippen LogP contribution >= 0.6 is 0 Å². The normalized spacial score (nSPS) is 14.4. The van der Waals surface area contributed by atoms with Crippen LogP contribution in [0.5, 0.6) is 0 Å². The van der Waals surface area contributed by atoms with Crippen LogP contribution in [-0.4, -0.2) is 75.6 Å². The first-order valence-electron chi connectivity index (χ1n) is 10.4. The molecule has 0 bridgehead atoms. The van der Waals surface area contributed by atoms with Crippen LogP contribution in [0.3, 0.4) is 0 Å². The van der Waals surface area contributed by atoms with E-state index in [1.54, 1.807) is 18.3 Å². The standard InChI is InChI=1S/C21H28N6O7/c1-10(22)18(30)27-16(9-28)20(32)25-14(7-17(23)29)19(31)26-15(21(33)34)6-11-8-24-13-5-3-2-4-12(11)13/h2-5,8,10,14-16,24,28H,6-7,9,22H2,1H3,(H2,23,29)(H,25,32)(H,26,31)(H,27,30)(H,33,34). The number of aliphatic carboxylic acids is 1. The first-order chi connectivity index (χ1) is 16.0. The first-order valence-corrected chi connectivity index (χ1v) is 10.4. The van der Waals surface area contributed by atoms with E-state index in [0.717, 1.165) is 10.9 Å². The number of rotatable bonds is 12. The minimum absolute atomic E-state index is 0.0773. The monoisotopic (exact) mass is 476 g/mol. The lowest BCUT2D eigenvalue weighted by Gasteiger charge is -2.23. The molecular formula is C21H28N6O7. The molecule has 34 heavy (non-hydrogen) atoms. The van der Waals surface area contributed by atoms with Gasteiger partial charge in [-0.05, 0) is 18.6 Å². The van der Waals surface area contributed by atoms with Crippen LogP contribution in [0.1, 0.15) is 18.9 Å². The predicted molar refractivity (Wildman–Crippen MR) is 120 cm³/mol. The van der Waals surface area contributed by atoms with Gasteiger partial charge in [0.25, 0.3) is 0 Å². The number of carboxylic acids is 1. The Balaban J connectivity index is 2.15. The lowest BCUT2D eigenvalue weighted by molar-refractivity contribution is -0.142. The number of hydrogen-bond donors (Lipinski definition) is 8. The van der Waals surface area contributed by atoms with Crippen LogP contribution in [0.4, 0.5) is 0 Å².